The number of ketones is 1. The van der Waals surface area contributed by atoms with Gasteiger partial charge in [0.15, 0.2) is 5.76 Å². The van der Waals surface area contributed by atoms with Crippen LogP contribution in [0.25, 0.3) is 0 Å². The zero-order chi connectivity index (χ0) is 14.6. The van der Waals surface area contributed by atoms with Crippen LogP contribution in [-0.2, 0) is 14.3 Å². The third-order valence-electron chi connectivity index (χ3n) is 3.13. The lowest BCUT2D eigenvalue weighted by molar-refractivity contribution is -0.139. The average Bonchev–Trinajstić information content (AvgIpc) is 2.49. The molecule has 1 aliphatic rings. The van der Waals surface area contributed by atoms with Gasteiger partial charge in [0, 0.05) is 17.7 Å². The molecular formula is C17H18O3. The highest BCUT2D eigenvalue weighted by Crippen LogP contribution is 2.38. The highest BCUT2D eigenvalue weighted by molar-refractivity contribution is 6.14. The maximum absolute atomic E-state index is 12.2. The van der Waals surface area contributed by atoms with Crippen molar-refractivity contribution in [2.75, 3.05) is 13.2 Å². The van der Waals surface area contributed by atoms with E-state index < -0.39 is 5.60 Å². The number of hydrogen-bond donors (Lipinski definition) is 0. The van der Waals surface area contributed by atoms with E-state index in [0.29, 0.717) is 24.5 Å². The fourth-order valence-corrected chi connectivity index (χ4v) is 2.20. The second-order valence-electron chi connectivity index (χ2n) is 4.45. The zero-order valence-electron chi connectivity index (χ0n) is 12.0. The Balaban J connectivity index is 2.38. The molecule has 0 N–H and O–H groups in total. The molecule has 0 saturated carbocycles. The molecule has 0 saturated heterocycles. The van der Waals surface area contributed by atoms with E-state index in [0.717, 1.165) is 5.56 Å². The van der Waals surface area contributed by atoms with Crippen molar-refractivity contribution in [1.82, 2.24) is 0 Å². The fourth-order valence-electron chi connectivity index (χ4n) is 2.20. The molecular weight excluding hydrogens is 252 g/mol. The summed E-state index contributed by atoms with van der Waals surface area (Å²) in [6, 6.07) is 9.53. The van der Waals surface area contributed by atoms with Crippen LogP contribution in [-0.4, -0.2) is 24.6 Å². The quantitative estimate of drug-likeness (QED) is 0.789. The summed E-state index contributed by atoms with van der Waals surface area (Å²) in [6.45, 7) is 6.36. The van der Waals surface area contributed by atoms with Gasteiger partial charge in [0.05, 0.1) is 6.61 Å². The lowest BCUT2D eigenvalue weighted by atomic mass is 9.78. The van der Waals surface area contributed by atoms with Crippen molar-refractivity contribution >= 4 is 5.78 Å². The highest BCUT2D eigenvalue weighted by atomic mass is 16.6. The molecule has 1 aromatic rings. The third-order valence-corrected chi connectivity index (χ3v) is 3.13. The monoisotopic (exact) mass is 270 g/mol. The number of Topliss-reactive ketones (excluding diaryl/α,β-unsaturated/α-hetero) is 1. The van der Waals surface area contributed by atoms with Crippen molar-refractivity contribution in [3.63, 3.8) is 0 Å². The molecule has 0 bridgehead atoms. The van der Waals surface area contributed by atoms with Crippen LogP contribution in [0.2, 0.25) is 0 Å². The summed E-state index contributed by atoms with van der Waals surface area (Å²) in [4.78, 5) is 12.2. The van der Waals surface area contributed by atoms with Gasteiger partial charge in [0.25, 0.3) is 0 Å². The molecule has 0 fully saturated rings. The van der Waals surface area contributed by atoms with Gasteiger partial charge in [-0.15, -0.1) is 0 Å². The summed E-state index contributed by atoms with van der Waals surface area (Å²) in [5, 5.41) is 0. The maximum Gasteiger partial charge on any atom is 0.250 e. The van der Waals surface area contributed by atoms with E-state index in [1.165, 1.54) is 0 Å². The molecule has 20 heavy (non-hydrogen) atoms. The van der Waals surface area contributed by atoms with Crippen molar-refractivity contribution < 1.29 is 14.3 Å². The smallest absolute Gasteiger partial charge is 0.250 e. The first kappa shape index (κ1) is 14.4. The zero-order valence-corrected chi connectivity index (χ0v) is 12.0. The molecule has 2 rings (SSSR count). The number of ether oxygens (including phenoxy) is 2. The van der Waals surface area contributed by atoms with E-state index in [4.69, 9.17) is 9.47 Å². The highest BCUT2D eigenvalue weighted by Gasteiger charge is 2.54. The Morgan fingerprint density at radius 1 is 1.15 bits per heavy atom. The molecule has 0 aliphatic heterocycles. The molecule has 1 aliphatic carbocycles. The van der Waals surface area contributed by atoms with Crippen LogP contribution >= 0.6 is 0 Å². The molecule has 0 amide bonds. The van der Waals surface area contributed by atoms with Gasteiger partial charge in [-0.2, -0.15) is 0 Å². The van der Waals surface area contributed by atoms with Crippen LogP contribution in [0, 0.1) is 11.8 Å². The summed E-state index contributed by atoms with van der Waals surface area (Å²) < 4.78 is 11.2. The Bertz CT molecular complexity index is 590. The molecule has 104 valence electrons. The predicted octanol–water partition coefficient (Wildman–Crippen LogP) is 2.71. The Hall–Kier alpha value is -2.05. The fraction of sp³-hybridized carbons (Fsp3) is 0.353. The number of carbonyl (C=O) groups excluding carboxylic acids is 1. The van der Waals surface area contributed by atoms with Gasteiger partial charge in [-0.3, -0.25) is 4.79 Å². The molecule has 0 spiro atoms. The van der Waals surface area contributed by atoms with Gasteiger partial charge in [0.1, 0.15) is 0 Å². The van der Waals surface area contributed by atoms with Gasteiger partial charge in [-0.25, -0.2) is 0 Å². The molecule has 0 heterocycles. The van der Waals surface area contributed by atoms with Crippen LogP contribution < -0.4 is 0 Å². The van der Waals surface area contributed by atoms with Crippen molar-refractivity contribution in [2.45, 2.75) is 26.4 Å². The van der Waals surface area contributed by atoms with E-state index in [1.807, 2.05) is 44.2 Å². The number of carbonyl (C=O) groups is 1. The summed E-state index contributed by atoms with van der Waals surface area (Å²) in [5.41, 5.74) is 0.229. The normalized spacial score (nSPS) is 21.1. The van der Waals surface area contributed by atoms with Crippen molar-refractivity contribution in [3.8, 4) is 11.8 Å². The maximum atomic E-state index is 12.2. The standard InChI is InChI=1S/C17H18O3/c1-4-19-16-13(3)15(18)17(16,20-5-2)12-11-14-9-7-6-8-10-14/h6-10H,4-5H2,1-3H3. The second kappa shape index (κ2) is 5.94. The van der Waals surface area contributed by atoms with Gasteiger partial charge < -0.3 is 9.47 Å². The number of benzene rings is 1. The minimum absolute atomic E-state index is 0.105. The van der Waals surface area contributed by atoms with E-state index >= 15 is 0 Å². The Labute approximate surface area is 119 Å². The number of hydrogen-bond acceptors (Lipinski definition) is 3. The van der Waals surface area contributed by atoms with Crippen molar-refractivity contribution in [3.05, 3.63) is 47.2 Å². The second-order valence-corrected chi connectivity index (χ2v) is 4.45. The van der Waals surface area contributed by atoms with Crippen LogP contribution in [0.5, 0.6) is 0 Å². The van der Waals surface area contributed by atoms with Gasteiger partial charge in [0.2, 0.25) is 11.4 Å². The minimum atomic E-state index is -1.22. The first-order chi connectivity index (χ1) is 9.65. The molecule has 1 unspecified atom stereocenters. The SMILES string of the molecule is CCOC1=C(C)C(=O)C1(C#Cc1ccccc1)OCC. The average molecular weight is 270 g/mol. The van der Waals surface area contributed by atoms with Crippen molar-refractivity contribution in [2.24, 2.45) is 0 Å². The Morgan fingerprint density at radius 2 is 1.85 bits per heavy atom. The minimum Gasteiger partial charge on any atom is -0.493 e. The largest absolute Gasteiger partial charge is 0.493 e. The lowest BCUT2D eigenvalue weighted by Gasteiger charge is -2.37. The lowest BCUT2D eigenvalue weighted by Crippen LogP contribution is -2.52. The summed E-state index contributed by atoms with van der Waals surface area (Å²) in [5.74, 6) is 6.41. The molecule has 3 nitrogen and oxygen atoms in total. The predicted molar refractivity (Wildman–Crippen MR) is 77.0 cm³/mol. The van der Waals surface area contributed by atoms with Crippen LogP contribution in [0.1, 0.15) is 26.3 Å². The molecule has 0 radical (unpaired) electrons. The van der Waals surface area contributed by atoms with E-state index in [1.54, 1.807) is 6.92 Å². The molecule has 0 aromatic heterocycles. The van der Waals surface area contributed by atoms with Crippen LogP contribution in [0.4, 0.5) is 0 Å². The van der Waals surface area contributed by atoms with E-state index in [9.17, 15) is 4.79 Å². The first-order valence-electron chi connectivity index (χ1n) is 6.76. The Morgan fingerprint density at radius 3 is 2.45 bits per heavy atom. The third kappa shape index (κ3) is 2.35. The molecule has 3 heteroatoms. The summed E-state index contributed by atoms with van der Waals surface area (Å²) in [7, 11) is 0. The molecule has 1 aromatic carbocycles. The summed E-state index contributed by atoms with van der Waals surface area (Å²) >= 11 is 0. The van der Waals surface area contributed by atoms with Crippen molar-refractivity contribution in [1.29, 1.82) is 0 Å². The van der Waals surface area contributed by atoms with Gasteiger partial charge in [-0.05, 0) is 38.8 Å². The van der Waals surface area contributed by atoms with E-state index in [2.05, 4.69) is 11.8 Å². The van der Waals surface area contributed by atoms with Gasteiger partial charge >= 0.3 is 0 Å². The first-order valence-corrected chi connectivity index (χ1v) is 6.76. The number of rotatable bonds is 4. The van der Waals surface area contributed by atoms with E-state index in [-0.39, 0.29) is 5.78 Å². The molecule has 1 atom stereocenters. The topological polar surface area (TPSA) is 35.5 Å². The Kier molecular flexibility index (Phi) is 4.26. The summed E-state index contributed by atoms with van der Waals surface area (Å²) in [6.07, 6.45) is 0. The van der Waals surface area contributed by atoms with Gasteiger partial charge in [-0.1, -0.05) is 24.1 Å². The van der Waals surface area contributed by atoms with Crippen LogP contribution in [0.3, 0.4) is 0 Å². The van der Waals surface area contributed by atoms with Crippen LogP contribution in [0.15, 0.2) is 41.7 Å².